The summed E-state index contributed by atoms with van der Waals surface area (Å²) >= 11 is 7.53. The van der Waals surface area contributed by atoms with E-state index in [0.29, 0.717) is 10.2 Å². The molecule has 2 aromatic heterocycles. The van der Waals surface area contributed by atoms with Crippen molar-refractivity contribution in [1.29, 1.82) is 0 Å². The van der Waals surface area contributed by atoms with Crippen LogP contribution in [-0.4, -0.2) is 25.8 Å². The Morgan fingerprint density at radius 1 is 1.14 bits per heavy atom. The van der Waals surface area contributed by atoms with Gasteiger partial charge in [-0.15, -0.1) is 10.2 Å². The summed E-state index contributed by atoms with van der Waals surface area (Å²) in [6.45, 7) is 5.81. The lowest BCUT2D eigenvalue weighted by molar-refractivity contribution is -0.115. The van der Waals surface area contributed by atoms with Crippen LogP contribution in [0.3, 0.4) is 0 Å². The minimum Gasteiger partial charge on any atom is -0.325 e. The quantitative estimate of drug-likeness (QED) is 0.465. The van der Waals surface area contributed by atoms with Crippen molar-refractivity contribution in [2.45, 2.75) is 31.2 Å². The van der Waals surface area contributed by atoms with Crippen molar-refractivity contribution in [3.8, 4) is 0 Å². The van der Waals surface area contributed by atoms with Gasteiger partial charge in [-0.3, -0.25) is 9.20 Å². The Morgan fingerprint density at radius 2 is 1.93 bits per heavy atom. The number of halogens is 1. The van der Waals surface area contributed by atoms with Crippen LogP contribution >= 0.6 is 23.4 Å². The Bertz CT molecular complexity index is 1200. The van der Waals surface area contributed by atoms with Gasteiger partial charge < -0.3 is 5.32 Å². The first-order chi connectivity index (χ1) is 13.5. The fraction of sp³-hybridized carbons (Fsp3) is 0.190. The molecule has 1 N–H and O–H groups in total. The van der Waals surface area contributed by atoms with Crippen LogP contribution in [0, 0.1) is 13.8 Å². The van der Waals surface area contributed by atoms with Crippen LogP contribution < -0.4 is 5.32 Å². The average Bonchev–Trinajstić information content (AvgIpc) is 3.08. The predicted molar refractivity (Wildman–Crippen MR) is 115 cm³/mol. The van der Waals surface area contributed by atoms with Crippen molar-refractivity contribution in [1.82, 2.24) is 14.6 Å². The van der Waals surface area contributed by atoms with E-state index in [-0.39, 0.29) is 11.2 Å². The molecular formula is C21H19ClN4OS. The van der Waals surface area contributed by atoms with Gasteiger partial charge >= 0.3 is 0 Å². The largest absolute Gasteiger partial charge is 0.325 e. The fourth-order valence-corrected chi connectivity index (χ4v) is 4.18. The lowest BCUT2D eigenvalue weighted by atomic mass is 10.1. The van der Waals surface area contributed by atoms with Gasteiger partial charge in [0.05, 0.1) is 10.8 Å². The topological polar surface area (TPSA) is 59.3 Å². The van der Waals surface area contributed by atoms with Crippen LogP contribution in [0.2, 0.25) is 5.02 Å². The standard InChI is InChI=1S/C21H19ClN4OS/c1-12-11-19-24-25-21(26(19)18-10-5-4-7-15(12)18)28-14(3)20(27)23-17-9-6-8-16(22)13(17)2/h4-11,14H,1-3H3,(H,23,27)/t14-/m1/s1. The molecule has 0 saturated heterocycles. The molecule has 7 heteroatoms. The van der Waals surface area contributed by atoms with Gasteiger partial charge in [-0.2, -0.15) is 0 Å². The molecule has 142 valence electrons. The molecule has 0 aliphatic rings. The number of amides is 1. The minimum absolute atomic E-state index is 0.108. The average molecular weight is 411 g/mol. The second kappa shape index (κ2) is 7.45. The molecule has 0 radical (unpaired) electrons. The molecule has 1 atom stereocenters. The molecule has 0 spiro atoms. The van der Waals surface area contributed by atoms with Crippen LogP contribution in [-0.2, 0) is 4.79 Å². The van der Waals surface area contributed by atoms with E-state index in [1.165, 1.54) is 11.8 Å². The van der Waals surface area contributed by atoms with Gasteiger partial charge in [0.25, 0.3) is 0 Å². The van der Waals surface area contributed by atoms with Crippen molar-refractivity contribution >= 4 is 51.5 Å². The number of rotatable bonds is 4. The van der Waals surface area contributed by atoms with Crippen molar-refractivity contribution in [3.63, 3.8) is 0 Å². The number of benzene rings is 2. The van der Waals surface area contributed by atoms with Gasteiger partial charge in [-0.05, 0) is 56.2 Å². The predicted octanol–water partition coefficient (Wildman–Crippen LogP) is 5.27. The Hall–Kier alpha value is -2.57. The molecule has 2 aromatic carbocycles. The Kier molecular flexibility index (Phi) is 5.00. The zero-order valence-corrected chi connectivity index (χ0v) is 17.3. The highest BCUT2D eigenvalue weighted by molar-refractivity contribution is 8.00. The Labute approximate surface area is 172 Å². The number of nitrogens with zero attached hydrogens (tertiary/aromatic N) is 3. The Balaban J connectivity index is 1.64. The zero-order valence-electron chi connectivity index (χ0n) is 15.7. The highest BCUT2D eigenvalue weighted by atomic mass is 35.5. The summed E-state index contributed by atoms with van der Waals surface area (Å²) in [6, 6.07) is 15.6. The van der Waals surface area contributed by atoms with Crippen molar-refractivity contribution in [2.75, 3.05) is 5.32 Å². The number of pyridine rings is 1. The van der Waals surface area contributed by atoms with Crippen molar-refractivity contribution in [3.05, 3.63) is 64.7 Å². The van der Waals surface area contributed by atoms with Gasteiger partial charge in [0.2, 0.25) is 5.91 Å². The summed E-state index contributed by atoms with van der Waals surface area (Å²) < 4.78 is 2.00. The molecule has 1 amide bonds. The van der Waals surface area contributed by atoms with E-state index in [4.69, 9.17) is 11.6 Å². The minimum atomic E-state index is -0.356. The monoisotopic (exact) mass is 410 g/mol. The zero-order chi connectivity index (χ0) is 19.8. The smallest absolute Gasteiger partial charge is 0.237 e. The second-order valence-electron chi connectivity index (χ2n) is 6.68. The van der Waals surface area contributed by atoms with Crippen LogP contribution in [0.5, 0.6) is 0 Å². The first-order valence-electron chi connectivity index (χ1n) is 8.92. The first-order valence-corrected chi connectivity index (χ1v) is 10.2. The third-order valence-corrected chi connectivity index (χ3v) is 6.20. The molecule has 0 unspecified atom stereocenters. The number of hydrogen-bond acceptors (Lipinski definition) is 4. The summed E-state index contributed by atoms with van der Waals surface area (Å²) in [5.74, 6) is -0.108. The molecule has 4 aromatic rings. The SMILES string of the molecule is Cc1c(Cl)cccc1NC(=O)[C@@H](C)Sc1nnc2cc(C)c3ccccc3n12. The van der Waals surface area contributed by atoms with Crippen molar-refractivity contribution < 1.29 is 4.79 Å². The second-order valence-corrected chi connectivity index (χ2v) is 8.40. The number of thioether (sulfide) groups is 1. The molecule has 0 saturated carbocycles. The molecule has 0 aliphatic heterocycles. The number of fused-ring (bicyclic) bond motifs is 3. The Morgan fingerprint density at radius 3 is 2.75 bits per heavy atom. The van der Waals surface area contributed by atoms with E-state index < -0.39 is 0 Å². The number of carbonyl (C=O) groups is 1. The van der Waals surface area contributed by atoms with E-state index in [9.17, 15) is 4.79 Å². The van der Waals surface area contributed by atoms with Gasteiger partial charge in [-0.1, -0.05) is 47.6 Å². The van der Waals surface area contributed by atoms with E-state index in [2.05, 4.69) is 28.5 Å². The summed E-state index contributed by atoms with van der Waals surface area (Å²) in [7, 11) is 0. The maximum atomic E-state index is 12.7. The van der Waals surface area contributed by atoms with Crippen LogP contribution in [0.1, 0.15) is 18.1 Å². The number of nitrogens with one attached hydrogen (secondary N) is 1. The van der Waals surface area contributed by atoms with Gasteiger partial charge in [0.15, 0.2) is 10.8 Å². The maximum absolute atomic E-state index is 12.7. The molecule has 4 rings (SSSR count). The van der Waals surface area contributed by atoms with Gasteiger partial charge in [0.1, 0.15) is 0 Å². The number of aromatic nitrogens is 3. The summed E-state index contributed by atoms with van der Waals surface area (Å²) in [6.07, 6.45) is 0. The first kappa shape index (κ1) is 18.8. The third kappa shape index (κ3) is 3.34. The number of para-hydroxylation sites is 1. The normalized spacial score (nSPS) is 12.4. The van der Waals surface area contributed by atoms with Crippen LogP contribution in [0.25, 0.3) is 16.6 Å². The molecule has 2 heterocycles. The van der Waals surface area contributed by atoms with E-state index in [0.717, 1.165) is 33.4 Å². The van der Waals surface area contributed by atoms with E-state index >= 15 is 0 Å². The highest BCUT2D eigenvalue weighted by Gasteiger charge is 2.20. The van der Waals surface area contributed by atoms with Crippen LogP contribution in [0.15, 0.2) is 53.7 Å². The fourth-order valence-electron chi connectivity index (χ4n) is 3.14. The van der Waals surface area contributed by atoms with Crippen LogP contribution in [0.4, 0.5) is 5.69 Å². The molecule has 0 aliphatic carbocycles. The van der Waals surface area contributed by atoms with Crippen molar-refractivity contribution in [2.24, 2.45) is 0 Å². The molecule has 5 nitrogen and oxygen atoms in total. The van der Waals surface area contributed by atoms with Gasteiger partial charge in [-0.25, -0.2) is 0 Å². The summed E-state index contributed by atoms with van der Waals surface area (Å²) in [4.78, 5) is 12.7. The number of anilines is 1. The van der Waals surface area contributed by atoms with E-state index in [1.807, 2.05) is 54.6 Å². The molecule has 0 fully saturated rings. The number of hydrogen-bond donors (Lipinski definition) is 1. The molecule has 0 bridgehead atoms. The lowest BCUT2D eigenvalue weighted by Gasteiger charge is -2.14. The molecular weight excluding hydrogens is 392 g/mol. The summed E-state index contributed by atoms with van der Waals surface area (Å²) in [5.41, 5.74) is 4.52. The summed E-state index contributed by atoms with van der Waals surface area (Å²) in [5, 5.41) is 13.7. The number of carbonyl (C=O) groups excluding carboxylic acids is 1. The molecule has 28 heavy (non-hydrogen) atoms. The number of aryl methyl sites for hydroxylation is 1. The lowest BCUT2D eigenvalue weighted by Crippen LogP contribution is -2.23. The highest BCUT2D eigenvalue weighted by Crippen LogP contribution is 2.29. The maximum Gasteiger partial charge on any atom is 0.237 e. The van der Waals surface area contributed by atoms with Gasteiger partial charge in [0, 0.05) is 16.1 Å². The van der Waals surface area contributed by atoms with E-state index in [1.54, 1.807) is 6.07 Å². The third-order valence-electron chi connectivity index (χ3n) is 4.75.